The molecule has 7 atom stereocenters. The van der Waals surface area contributed by atoms with Crippen molar-refractivity contribution in [2.24, 2.45) is 29.1 Å². The van der Waals surface area contributed by atoms with Gasteiger partial charge in [0.25, 0.3) is 0 Å². The average Bonchev–Trinajstić information content (AvgIpc) is 3.32. The van der Waals surface area contributed by atoms with E-state index < -0.39 is 59.2 Å². The van der Waals surface area contributed by atoms with Gasteiger partial charge in [-0.25, -0.2) is 0 Å². The predicted molar refractivity (Wildman–Crippen MR) is 126 cm³/mol. The van der Waals surface area contributed by atoms with Crippen molar-refractivity contribution >= 4 is 35.5 Å². The molecule has 1 aromatic heterocycles. The average molecular weight is 514 g/mol. The number of thioether (sulfide) groups is 1. The molecule has 0 N–H and O–H groups in total. The zero-order valence-corrected chi connectivity index (χ0v) is 21.1. The van der Waals surface area contributed by atoms with Crippen LogP contribution in [0.3, 0.4) is 0 Å². The highest BCUT2D eigenvalue weighted by Gasteiger charge is 2.63. The van der Waals surface area contributed by atoms with E-state index in [9.17, 15) is 19.2 Å². The number of cyclic esters (lactones) is 1. The first-order chi connectivity index (χ1) is 17.2. The minimum atomic E-state index is -1.16. The first-order valence-corrected chi connectivity index (χ1v) is 12.8. The highest BCUT2D eigenvalue weighted by molar-refractivity contribution is 8.04. The van der Waals surface area contributed by atoms with Crippen LogP contribution in [0.5, 0.6) is 0 Å². The van der Waals surface area contributed by atoms with Crippen molar-refractivity contribution in [3.8, 4) is 17.2 Å². The number of rotatable bonds is 5. The first kappa shape index (κ1) is 25.8. The van der Waals surface area contributed by atoms with Gasteiger partial charge in [-0.3, -0.25) is 19.2 Å². The molecule has 10 heteroatoms. The lowest BCUT2D eigenvalue weighted by atomic mass is 9.48. The Labute approximate surface area is 213 Å². The fourth-order valence-electron chi connectivity index (χ4n) is 6.28. The van der Waals surface area contributed by atoms with E-state index in [1.54, 1.807) is 18.4 Å². The quantitative estimate of drug-likeness (QED) is 0.250. The Morgan fingerprint density at radius 2 is 2.08 bits per heavy atom. The summed E-state index contributed by atoms with van der Waals surface area (Å²) < 4.78 is 21.8. The maximum Gasteiger partial charge on any atom is 0.317 e. The second-order valence-corrected chi connectivity index (χ2v) is 10.4. The molecule has 36 heavy (non-hydrogen) atoms. The Bertz CT molecular complexity index is 1170. The number of Topliss-reactive ketones (excluding diaryl/α,β-unsaturated/α-hetero) is 1. The molecule has 1 aliphatic heterocycles. The number of methoxy groups -OCH3 is 1. The van der Waals surface area contributed by atoms with Crippen LogP contribution < -0.4 is 0 Å². The Hall–Kier alpha value is -3.24. The summed E-state index contributed by atoms with van der Waals surface area (Å²) in [5.41, 5.74) is -0.145. The maximum absolute atomic E-state index is 13.9. The third-order valence-corrected chi connectivity index (χ3v) is 8.37. The van der Waals surface area contributed by atoms with Gasteiger partial charge >= 0.3 is 17.9 Å². The SMILES string of the molecule is CC#Cc1occc1[C@@H]1C[C@@H]2[C@H]3C(=O)[C@@H](OC(=O)CSC#N)C[C@@H](C(=O)OC)[C@]3(C)CC[C@H]2C(=O)O1. The molecule has 1 saturated heterocycles. The number of hydrogen-bond donors (Lipinski definition) is 0. The van der Waals surface area contributed by atoms with Crippen molar-refractivity contribution in [2.45, 2.75) is 51.7 Å². The summed E-state index contributed by atoms with van der Waals surface area (Å²) in [7, 11) is 1.29. The minimum Gasteiger partial charge on any atom is -0.469 e. The molecular formula is C26H27NO8S. The molecule has 190 valence electrons. The van der Waals surface area contributed by atoms with Crippen molar-refractivity contribution in [3.05, 3.63) is 23.7 Å². The molecule has 3 fully saturated rings. The molecule has 0 amide bonds. The van der Waals surface area contributed by atoms with Gasteiger partial charge in [0.1, 0.15) is 17.3 Å². The second-order valence-electron chi connectivity index (χ2n) is 9.61. The zero-order valence-electron chi connectivity index (χ0n) is 20.3. The van der Waals surface area contributed by atoms with Crippen molar-refractivity contribution in [3.63, 3.8) is 0 Å². The lowest BCUT2D eigenvalue weighted by molar-refractivity contribution is -0.194. The van der Waals surface area contributed by atoms with Crippen LogP contribution in [-0.4, -0.2) is 42.7 Å². The molecule has 0 unspecified atom stereocenters. The topological polar surface area (TPSA) is 133 Å². The summed E-state index contributed by atoms with van der Waals surface area (Å²) in [6, 6.07) is 1.71. The largest absolute Gasteiger partial charge is 0.469 e. The smallest absolute Gasteiger partial charge is 0.317 e. The highest BCUT2D eigenvalue weighted by atomic mass is 32.2. The number of nitrogens with zero attached hydrogens (tertiary/aromatic N) is 1. The van der Waals surface area contributed by atoms with E-state index in [1.807, 2.05) is 6.92 Å². The molecule has 0 spiro atoms. The summed E-state index contributed by atoms with van der Waals surface area (Å²) in [5, 5.41) is 10.5. The first-order valence-electron chi connectivity index (χ1n) is 11.8. The van der Waals surface area contributed by atoms with Gasteiger partial charge < -0.3 is 18.6 Å². The normalized spacial score (nSPS) is 33.1. The van der Waals surface area contributed by atoms with E-state index >= 15 is 0 Å². The fourth-order valence-corrected chi connectivity index (χ4v) is 6.53. The Kier molecular flexibility index (Phi) is 7.46. The summed E-state index contributed by atoms with van der Waals surface area (Å²) in [5.74, 6) is 1.56. The van der Waals surface area contributed by atoms with Crippen molar-refractivity contribution < 1.29 is 37.8 Å². The zero-order chi connectivity index (χ0) is 26.0. The van der Waals surface area contributed by atoms with Gasteiger partial charge in [-0.2, -0.15) is 5.26 Å². The number of furan rings is 1. The van der Waals surface area contributed by atoms with Crippen LogP contribution in [0.2, 0.25) is 0 Å². The summed E-state index contributed by atoms with van der Waals surface area (Å²) >= 11 is 0.709. The molecule has 3 aliphatic rings. The predicted octanol–water partition coefficient (Wildman–Crippen LogP) is 3.18. The molecule has 2 saturated carbocycles. The number of fused-ring (bicyclic) bond motifs is 3. The van der Waals surface area contributed by atoms with Crippen LogP contribution in [0.15, 0.2) is 16.7 Å². The van der Waals surface area contributed by atoms with Gasteiger partial charge in [0.05, 0.1) is 25.2 Å². The Morgan fingerprint density at radius 1 is 1.31 bits per heavy atom. The molecular weight excluding hydrogens is 486 g/mol. The van der Waals surface area contributed by atoms with Crippen LogP contribution in [-0.2, 0) is 33.4 Å². The van der Waals surface area contributed by atoms with Crippen molar-refractivity contribution in [1.82, 2.24) is 0 Å². The molecule has 9 nitrogen and oxygen atoms in total. The van der Waals surface area contributed by atoms with E-state index in [-0.39, 0.29) is 18.0 Å². The van der Waals surface area contributed by atoms with E-state index in [2.05, 4.69) is 11.8 Å². The lowest BCUT2D eigenvalue weighted by Crippen LogP contribution is -2.61. The molecule has 4 rings (SSSR count). The number of nitriles is 1. The number of thiocyanates is 1. The Morgan fingerprint density at radius 3 is 2.78 bits per heavy atom. The van der Waals surface area contributed by atoms with Crippen molar-refractivity contribution in [1.29, 1.82) is 5.26 Å². The van der Waals surface area contributed by atoms with Crippen LogP contribution in [0.1, 0.15) is 57.0 Å². The van der Waals surface area contributed by atoms with E-state index in [4.69, 9.17) is 23.9 Å². The van der Waals surface area contributed by atoms with Gasteiger partial charge in [-0.05, 0) is 61.3 Å². The number of ketones is 1. The highest BCUT2D eigenvalue weighted by Crippen LogP contribution is 2.59. The lowest BCUT2D eigenvalue weighted by Gasteiger charge is -2.56. The number of carbonyl (C=O) groups is 4. The third kappa shape index (κ3) is 4.51. The monoisotopic (exact) mass is 513 g/mol. The number of esters is 3. The number of hydrogen-bond acceptors (Lipinski definition) is 10. The van der Waals surface area contributed by atoms with Crippen LogP contribution in [0, 0.1) is 51.6 Å². The van der Waals surface area contributed by atoms with E-state index in [1.165, 1.54) is 13.4 Å². The number of ether oxygens (including phenoxy) is 3. The summed E-state index contributed by atoms with van der Waals surface area (Å²) in [4.78, 5) is 52.2. The van der Waals surface area contributed by atoms with Crippen LogP contribution in [0.25, 0.3) is 0 Å². The maximum atomic E-state index is 13.9. The second kappa shape index (κ2) is 10.4. The third-order valence-electron chi connectivity index (χ3n) is 7.86. The fraction of sp³-hybridized carbons (Fsp3) is 0.577. The van der Waals surface area contributed by atoms with Crippen molar-refractivity contribution in [2.75, 3.05) is 12.9 Å². The van der Waals surface area contributed by atoms with Gasteiger partial charge in [0, 0.05) is 17.9 Å². The Balaban J connectivity index is 1.70. The van der Waals surface area contributed by atoms with Crippen LogP contribution >= 0.6 is 11.8 Å². The van der Waals surface area contributed by atoms with Crippen LogP contribution in [0.4, 0.5) is 0 Å². The minimum absolute atomic E-state index is 0.00466. The molecule has 0 radical (unpaired) electrons. The van der Waals surface area contributed by atoms with E-state index in [0.717, 1.165) is 0 Å². The van der Waals surface area contributed by atoms with Gasteiger partial charge in [-0.15, -0.1) is 0 Å². The molecule has 2 heterocycles. The number of carbonyl (C=O) groups excluding carboxylic acids is 4. The molecule has 0 bridgehead atoms. The molecule has 2 aliphatic carbocycles. The standard InChI is InChI=1S/C26H27NO8S/c1-4-5-18-15(7-9-33-18)19-10-16-14(24(30)35-19)6-8-26(2)17(25(31)32-3)11-20(23(29)22(16)26)34-21(28)12-36-13-27/h7,9,14,16-17,19-20,22H,6,8,10-12H2,1-3H3/t14-,16+,17+,19+,20+,22+,26+/m1/s1. The molecule has 0 aromatic carbocycles. The van der Waals surface area contributed by atoms with Gasteiger partial charge in [-0.1, -0.05) is 12.8 Å². The summed E-state index contributed by atoms with van der Waals surface area (Å²) in [6.07, 6.45) is 0.935. The van der Waals surface area contributed by atoms with Gasteiger partial charge in [0.15, 0.2) is 17.6 Å². The summed E-state index contributed by atoms with van der Waals surface area (Å²) in [6.45, 7) is 3.56. The van der Waals surface area contributed by atoms with Gasteiger partial charge in [0.2, 0.25) is 0 Å². The molecule has 1 aromatic rings. The van der Waals surface area contributed by atoms with E-state index in [0.29, 0.717) is 42.3 Å².